The van der Waals surface area contributed by atoms with Gasteiger partial charge in [-0.2, -0.15) is 0 Å². The summed E-state index contributed by atoms with van der Waals surface area (Å²) in [6.07, 6.45) is 1.38. The van der Waals surface area contributed by atoms with Gasteiger partial charge in [-0.1, -0.05) is 62.4 Å². The van der Waals surface area contributed by atoms with Crippen molar-refractivity contribution in [2.24, 2.45) is 5.92 Å². The molecule has 3 aromatic rings. The maximum absolute atomic E-state index is 13.5. The summed E-state index contributed by atoms with van der Waals surface area (Å²) in [5.74, 6) is -0.607. The number of hydrogen-bond acceptors (Lipinski definition) is 7. The molecule has 0 bridgehead atoms. The maximum atomic E-state index is 13.5. The average molecular weight is 659 g/mol. The Labute approximate surface area is 282 Å². The van der Waals surface area contributed by atoms with Crippen LogP contribution in [0, 0.1) is 5.92 Å². The number of carbonyl (C=O) groups is 4. The van der Waals surface area contributed by atoms with Crippen LogP contribution in [0.25, 0.3) is 0 Å². The first kappa shape index (κ1) is 35.8. The summed E-state index contributed by atoms with van der Waals surface area (Å²) in [5, 5.41) is 11.4. The molecule has 0 radical (unpaired) electrons. The molecule has 0 aromatic heterocycles. The zero-order chi connectivity index (χ0) is 34.5. The summed E-state index contributed by atoms with van der Waals surface area (Å²) in [6, 6.07) is 19.6. The lowest BCUT2D eigenvalue weighted by Crippen LogP contribution is -2.55. The van der Waals surface area contributed by atoms with Gasteiger partial charge in [-0.25, -0.2) is 0 Å². The van der Waals surface area contributed by atoms with Crippen LogP contribution in [0.3, 0.4) is 0 Å². The molecule has 0 fully saturated rings. The summed E-state index contributed by atoms with van der Waals surface area (Å²) in [5.41, 5.74) is 2.22. The molecule has 0 aliphatic carbocycles. The van der Waals surface area contributed by atoms with Crippen molar-refractivity contribution in [3.63, 3.8) is 0 Å². The highest BCUT2D eigenvalue weighted by Gasteiger charge is 2.31. The first-order valence-corrected chi connectivity index (χ1v) is 16.4. The third-order valence-electron chi connectivity index (χ3n) is 7.99. The smallest absolute Gasteiger partial charge is 0.255 e. The molecule has 4 rings (SSSR count). The van der Waals surface area contributed by atoms with Gasteiger partial charge in [-0.15, -0.1) is 0 Å². The SMILES string of the molecule is CCOc1ccc(CCCNC(=O)[C@@H]2CC(=O)N[C@@H](C(C)C)C(=O)N[C@H](Cc3ccccc3)COc3ccccc3C(=O)N2)cc1OC. The molecule has 0 spiro atoms. The normalized spacial score (nSPS) is 18.7. The van der Waals surface area contributed by atoms with Crippen molar-refractivity contribution in [2.75, 3.05) is 26.9 Å². The average Bonchev–Trinajstić information content (AvgIpc) is 3.08. The van der Waals surface area contributed by atoms with Crippen LogP contribution < -0.4 is 35.5 Å². The molecule has 0 saturated carbocycles. The Kier molecular flexibility index (Phi) is 13.2. The third-order valence-corrected chi connectivity index (χ3v) is 7.99. The first-order chi connectivity index (χ1) is 23.2. The fraction of sp³-hybridized carbons (Fsp3) is 0.405. The zero-order valence-corrected chi connectivity index (χ0v) is 28.0. The van der Waals surface area contributed by atoms with Gasteiger partial charge in [0.2, 0.25) is 17.7 Å². The Morgan fingerprint density at radius 3 is 2.42 bits per heavy atom. The second-order valence-corrected chi connectivity index (χ2v) is 12.0. The number of para-hydroxylation sites is 1. The van der Waals surface area contributed by atoms with Crippen molar-refractivity contribution in [2.45, 2.75) is 64.6 Å². The minimum absolute atomic E-state index is 0.0772. The summed E-state index contributed by atoms with van der Waals surface area (Å²) in [7, 11) is 1.58. The fourth-order valence-electron chi connectivity index (χ4n) is 5.48. The van der Waals surface area contributed by atoms with E-state index in [4.69, 9.17) is 14.2 Å². The van der Waals surface area contributed by atoms with Gasteiger partial charge < -0.3 is 35.5 Å². The molecular weight excluding hydrogens is 612 g/mol. The Balaban J connectivity index is 1.49. The van der Waals surface area contributed by atoms with Crippen LogP contribution in [-0.4, -0.2) is 68.6 Å². The number of ether oxygens (including phenoxy) is 3. The molecule has 1 aliphatic rings. The van der Waals surface area contributed by atoms with Crippen molar-refractivity contribution in [3.8, 4) is 17.2 Å². The molecule has 256 valence electrons. The number of hydrogen-bond donors (Lipinski definition) is 4. The Morgan fingerprint density at radius 1 is 0.938 bits per heavy atom. The molecule has 1 aliphatic heterocycles. The maximum Gasteiger partial charge on any atom is 0.255 e. The number of fused-ring (bicyclic) bond motifs is 1. The Bertz CT molecular complexity index is 1550. The van der Waals surface area contributed by atoms with Crippen molar-refractivity contribution < 1.29 is 33.4 Å². The van der Waals surface area contributed by atoms with E-state index in [-0.39, 0.29) is 30.4 Å². The molecule has 3 atom stereocenters. The third kappa shape index (κ3) is 10.2. The molecule has 1 heterocycles. The van der Waals surface area contributed by atoms with E-state index in [1.807, 2.05) is 69.3 Å². The predicted octanol–water partition coefficient (Wildman–Crippen LogP) is 3.59. The van der Waals surface area contributed by atoms with E-state index < -0.39 is 35.8 Å². The predicted molar refractivity (Wildman–Crippen MR) is 182 cm³/mol. The molecular formula is C37H46N4O7. The van der Waals surface area contributed by atoms with Crippen molar-refractivity contribution in [1.82, 2.24) is 21.3 Å². The second-order valence-electron chi connectivity index (χ2n) is 12.0. The van der Waals surface area contributed by atoms with Gasteiger partial charge in [0, 0.05) is 6.54 Å². The van der Waals surface area contributed by atoms with E-state index in [0.29, 0.717) is 49.7 Å². The van der Waals surface area contributed by atoms with Crippen molar-refractivity contribution in [1.29, 1.82) is 0 Å². The number of nitrogens with one attached hydrogen (secondary N) is 4. The lowest BCUT2D eigenvalue weighted by Gasteiger charge is -2.27. The van der Waals surface area contributed by atoms with E-state index in [0.717, 1.165) is 11.1 Å². The van der Waals surface area contributed by atoms with Crippen LogP contribution in [0.1, 0.15) is 55.1 Å². The number of amides is 4. The highest BCUT2D eigenvalue weighted by molar-refractivity contribution is 6.01. The lowest BCUT2D eigenvalue weighted by atomic mass is 10.0. The first-order valence-electron chi connectivity index (χ1n) is 16.4. The molecule has 48 heavy (non-hydrogen) atoms. The number of rotatable bonds is 11. The minimum atomic E-state index is -1.19. The number of methoxy groups -OCH3 is 1. The van der Waals surface area contributed by atoms with E-state index in [1.54, 1.807) is 31.4 Å². The number of aryl methyl sites for hydroxylation is 1. The molecule has 3 aromatic carbocycles. The summed E-state index contributed by atoms with van der Waals surface area (Å²) >= 11 is 0. The van der Waals surface area contributed by atoms with Crippen molar-refractivity contribution in [3.05, 3.63) is 89.5 Å². The molecule has 0 unspecified atom stereocenters. The highest BCUT2D eigenvalue weighted by atomic mass is 16.5. The van der Waals surface area contributed by atoms with Gasteiger partial charge in [0.15, 0.2) is 11.5 Å². The van der Waals surface area contributed by atoms with Gasteiger partial charge >= 0.3 is 0 Å². The monoisotopic (exact) mass is 658 g/mol. The molecule has 4 amide bonds. The van der Waals surface area contributed by atoms with Crippen LogP contribution in [0.2, 0.25) is 0 Å². The van der Waals surface area contributed by atoms with Gasteiger partial charge in [-0.05, 0) is 67.5 Å². The van der Waals surface area contributed by atoms with Crippen molar-refractivity contribution >= 4 is 23.6 Å². The van der Waals surface area contributed by atoms with Gasteiger partial charge in [0.25, 0.3) is 5.91 Å². The van der Waals surface area contributed by atoms with Crippen LogP contribution in [0.4, 0.5) is 0 Å². The largest absolute Gasteiger partial charge is 0.493 e. The fourth-order valence-corrected chi connectivity index (χ4v) is 5.48. The quantitative estimate of drug-likeness (QED) is 0.231. The van der Waals surface area contributed by atoms with Gasteiger partial charge in [0.1, 0.15) is 24.4 Å². The minimum Gasteiger partial charge on any atom is -0.493 e. The van der Waals surface area contributed by atoms with E-state index in [9.17, 15) is 19.2 Å². The zero-order valence-electron chi connectivity index (χ0n) is 28.0. The van der Waals surface area contributed by atoms with E-state index in [1.165, 1.54) is 0 Å². The van der Waals surface area contributed by atoms with E-state index in [2.05, 4.69) is 21.3 Å². The summed E-state index contributed by atoms with van der Waals surface area (Å²) in [4.78, 5) is 53.8. The standard InChI is InChI=1S/C37H46N4O7/c1-5-47-31-18-17-26(21-32(31)46-4)14-11-19-38-36(44)29-22-33(42)41-34(24(2)3)37(45)39-27(20-25-12-7-6-8-13-25)23-48-30-16-10-9-15-28(30)35(43)40-29/h6-10,12-13,15-18,21,24,27,29,34H,5,11,14,19-20,22-23H2,1-4H3,(H,38,44)(H,39,45)(H,40,43)(H,41,42)/t27-,29+,34+/m1/s1. The Morgan fingerprint density at radius 2 is 1.69 bits per heavy atom. The van der Waals surface area contributed by atoms with Crippen LogP contribution in [0.15, 0.2) is 72.8 Å². The second kappa shape index (κ2) is 17.7. The van der Waals surface area contributed by atoms with Gasteiger partial charge in [-0.3, -0.25) is 19.2 Å². The molecule has 11 nitrogen and oxygen atoms in total. The Hall–Kier alpha value is -5.06. The van der Waals surface area contributed by atoms with Crippen LogP contribution in [-0.2, 0) is 27.2 Å². The summed E-state index contributed by atoms with van der Waals surface area (Å²) < 4.78 is 17.1. The van der Waals surface area contributed by atoms with Crippen LogP contribution in [0.5, 0.6) is 17.2 Å². The highest BCUT2D eigenvalue weighted by Crippen LogP contribution is 2.28. The van der Waals surface area contributed by atoms with Crippen LogP contribution >= 0.6 is 0 Å². The molecule has 4 N–H and O–H groups in total. The topological polar surface area (TPSA) is 144 Å². The summed E-state index contributed by atoms with van der Waals surface area (Å²) in [6.45, 7) is 6.48. The number of benzene rings is 3. The molecule has 11 heteroatoms. The lowest BCUT2D eigenvalue weighted by molar-refractivity contribution is -0.132. The molecule has 0 saturated heterocycles. The van der Waals surface area contributed by atoms with Gasteiger partial charge in [0.05, 0.1) is 31.7 Å². The number of carbonyl (C=O) groups excluding carboxylic acids is 4. The van der Waals surface area contributed by atoms with E-state index >= 15 is 0 Å².